The van der Waals surface area contributed by atoms with Crippen LogP contribution in [0.4, 0.5) is 22.0 Å². The van der Waals surface area contributed by atoms with E-state index in [1.807, 2.05) is 0 Å². The summed E-state index contributed by atoms with van der Waals surface area (Å²) in [6, 6.07) is 6.53. The lowest BCUT2D eigenvalue weighted by Gasteiger charge is -2.13. The van der Waals surface area contributed by atoms with Crippen LogP contribution in [0.5, 0.6) is 0 Å². The zero-order chi connectivity index (χ0) is 15.6. The molecule has 1 N–H and O–H groups in total. The van der Waals surface area contributed by atoms with Crippen LogP contribution in [0.25, 0.3) is 11.1 Å². The Labute approximate surface area is 118 Å². The molecule has 0 unspecified atom stereocenters. The smallest absolute Gasteiger partial charge is 0.316 e. The van der Waals surface area contributed by atoms with Crippen LogP contribution >= 0.6 is 0 Å². The molecule has 0 aliphatic heterocycles. The van der Waals surface area contributed by atoms with Gasteiger partial charge in [0.1, 0.15) is 11.6 Å². The normalized spacial score (nSPS) is 11.7. The van der Waals surface area contributed by atoms with Crippen LogP contribution < -0.4 is 5.32 Å². The highest BCUT2D eigenvalue weighted by Gasteiger charge is 2.34. The third-order valence-electron chi connectivity index (χ3n) is 3.02. The zero-order valence-electron chi connectivity index (χ0n) is 11.1. The van der Waals surface area contributed by atoms with Gasteiger partial charge in [0.05, 0.1) is 5.56 Å². The molecular weight excluding hydrogens is 289 g/mol. The van der Waals surface area contributed by atoms with Gasteiger partial charge < -0.3 is 5.32 Å². The van der Waals surface area contributed by atoms with E-state index in [9.17, 15) is 22.0 Å². The summed E-state index contributed by atoms with van der Waals surface area (Å²) in [5, 5.41) is 2.81. The number of alkyl halides is 3. The van der Waals surface area contributed by atoms with Crippen LogP contribution in [0.2, 0.25) is 0 Å². The summed E-state index contributed by atoms with van der Waals surface area (Å²) in [7, 11) is 1.64. The Balaban J connectivity index is 2.57. The van der Waals surface area contributed by atoms with Gasteiger partial charge in [0.2, 0.25) is 0 Å². The van der Waals surface area contributed by atoms with Crippen molar-refractivity contribution in [2.45, 2.75) is 12.7 Å². The van der Waals surface area contributed by atoms with Crippen molar-refractivity contribution < 1.29 is 22.0 Å². The largest absolute Gasteiger partial charge is 0.419 e. The first-order chi connectivity index (χ1) is 9.82. The first-order valence-electron chi connectivity index (χ1n) is 6.13. The van der Waals surface area contributed by atoms with Gasteiger partial charge in [-0.1, -0.05) is 12.1 Å². The average Bonchev–Trinajstić information content (AvgIpc) is 2.39. The van der Waals surface area contributed by atoms with E-state index in [-0.39, 0.29) is 12.1 Å². The van der Waals surface area contributed by atoms with Crippen molar-refractivity contribution in [3.63, 3.8) is 0 Å². The minimum Gasteiger partial charge on any atom is -0.316 e. The van der Waals surface area contributed by atoms with Gasteiger partial charge in [0, 0.05) is 6.54 Å². The molecule has 1 nitrogen and oxygen atoms in total. The molecular formula is C15H12F5N. The van der Waals surface area contributed by atoms with Crippen molar-refractivity contribution in [3.05, 3.63) is 59.2 Å². The molecule has 0 aliphatic carbocycles. The number of halogens is 5. The second-order valence-electron chi connectivity index (χ2n) is 4.52. The van der Waals surface area contributed by atoms with Crippen molar-refractivity contribution in [1.29, 1.82) is 0 Å². The molecule has 6 heteroatoms. The Bertz CT molecular complexity index is 649. The number of rotatable bonds is 3. The van der Waals surface area contributed by atoms with E-state index in [1.54, 1.807) is 7.05 Å². The quantitative estimate of drug-likeness (QED) is 0.830. The molecule has 0 spiro atoms. The van der Waals surface area contributed by atoms with Gasteiger partial charge in [0.25, 0.3) is 0 Å². The predicted octanol–water partition coefficient (Wildman–Crippen LogP) is 4.37. The molecule has 2 aromatic carbocycles. The monoisotopic (exact) mass is 301 g/mol. The molecule has 2 rings (SSSR count). The van der Waals surface area contributed by atoms with Gasteiger partial charge in [-0.3, -0.25) is 0 Å². The predicted molar refractivity (Wildman–Crippen MR) is 69.6 cm³/mol. The van der Waals surface area contributed by atoms with Crippen LogP contribution in [-0.4, -0.2) is 7.05 Å². The van der Waals surface area contributed by atoms with Crippen molar-refractivity contribution in [2.24, 2.45) is 0 Å². The summed E-state index contributed by atoms with van der Waals surface area (Å²) in [5.74, 6) is -1.81. The highest BCUT2D eigenvalue weighted by Crippen LogP contribution is 2.35. The number of hydrogen-bond acceptors (Lipinski definition) is 1. The van der Waals surface area contributed by atoms with Crippen LogP contribution in [0, 0.1) is 11.6 Å². The van der Waals surface area contributed by atoms with E-state index in [0.717, 1.165) is 18.2 Å². The molecule has 0 radical (unpaired) electrons. The summed E-state index contributed by atoms with van der Waals surface area (Å²) in [6.45, 7) is 0.284. The molecule has 0 bridgehead atoms. The molecule has 0 saturated carbocycles. The molecule has 0 aromatic heterocycles. The Morgan fingerprint density at radius 1 is 1.00 bits per heavy atom. The second-order valence-corrected chi connectivity index (χ2v) is 4.52. The second kappa shape index (κ2) is 5.81. The van der Waals surface area contributed by atoms with E-state index >= 15 is 0 Å². The summed E-state index contributed by atoms with van der Waals surface area (Å²) in [6.07, 6.45) is -4.77. The maximum absolute atomic E-state index is 13.3. The summed E-state index contributed by atoms with van der Waals surface area (Å²) < 4.78 is 64.8. The fourth-order valence-electron chi connectivity index (χ4n) is 2.09. The number of nitrogens with one attached hydrogen (secondary N) is 1. The van der Waals surface area contributed by atoms with E-state index < -0.39 is 23.4 Å². The molecule has 0 amide bonds. The third-order valence-corrected chi connectivity index (χ3v) is 3.02. The molecule has 0 aliphatic rings. The van der Waals surface area contributed by atoms with Gasteiger partial charge in [-0.25, -0.2) is 8.78 Å². The van der Waals surface area contributed by atoms with Crippen molar-refractivity contribution in [1.82, 2.24) is 5.32 Å². The minimum atomic E-state index is -4.77. The fourth-order valence-corrected chi connectivity index (χ4v) is 2.09. The molecule has 21 heavy (non-hydrogen) atoms. The minimum absolute atomic E-state index is 0.189. The SMILES string of the molecule is CNCc1cc(F)ccc1-c1ccc(F)c(C(F)(F)F)c1. The van der Waals surface area contributed by atoms with Crippen LogP contribution in [0.1, 0.15) is 11.1 Å². The summed E-state index contributed by atoms with van der Waals surface area (Å²) in [4.78, 5) is 0. The molecule has 0 fully saturated rings. The van der Waals surface area contributed by atoms with Crippen LogP contribution in [-0.2, 0) is 12.7 Å². The molecule has 0 heterocycles. The van der Waals surface area contributed by atoms with Crippen molar-refractivity contribution >= 4 is 0 Å². The van der Waals surface area contributed by atoms with E-state index in [0.29, 0.717) is 11.1 Å². The maximum atomic E-state index is 13.3. The highest BCUT2D eigenvalue weighted by molar-refractivity contribution is 5.68. The van der Waals surface area contributed by atoms with Crippen LogP contribution in [0.3, 0.4) is 0 Å². The van der Waals surface area contributed by atoms with E-state index in [2.05, 4.69) is 5.32 Å². The topological polar surface area (TPSA) is 12.0 Å². The average molecular weight is 301 g/mol. The molecule has 0 atom stereocenters. The Hall–Kier alpha value is -1.95. The van der Waals surface area contributed by atoms with Gasteiger partial charge in [-0.15, -0.1) is 0 Å². The lowest BCUT2D eigenvalue weighted by atomic mass is 9.97. The van der Waals surface area contributed by atoms with Gasteiger partial charge >= 0.3 is 6.18 Å². The lowest BCUT2D eigenvalue weighted by molar-refractivity contribution is -0.139. The summed E-state index contributed by atoms with van der Waals surface area (Å²) in [5.41, 5.74) is -0.220. The maximum Gasteiger partial charge on any atom is 0.419 e. The Kier molecular flexibility index (Phi) is 4.27. The van der Waals surface area contributed by atoms with Gasteiger partial charge in [0.15, 0.2) is 0 Å². The summed E-state index contributed by atoms with van der Waals surface area (Å²) >= 11 is 0. The zero-order valence-corrected chi connectivity index (χ0v) is 11.1. The van der Waals surface area contributed by atoms with Crippen molar-refractivity contribution in [2.75, 3.05) is 7.05 Å². The highest BCUT2D eigenvalue weighted by atomic mass is 19.4. The van der Waals surface area contributed by atoms with Crippen LogP contribution in [0.15, 0.2) is 36.4 Å². The number of hydrogen-bond donors (Lipinski definition) is 1. The first kappa shape index (κ1) is 15.4. The van der Waals surface area contributed by atoms with E-state index in [4.69, 9.17) is 0 Å². The van der Waals surface area contributed by atoms with Crippen molar-refractivity contribution in [3.8, 4) is 11.1 Å². The molecule has 112 valence electrons. The Morgan fingerprint density at radius 3 is 2.33 bits per heavy atom. The molecule has 2 aromatic rings. The Morgan fingerprint density at radius 2 is 1.71 bits per heavy atom. The lowest BCUT2D eigenvalue weighted by Crippen LogP contribution is -2.09. The fraction of sp³-hybridized carbons (Fsp3) is 0.200. The molecule has 0 saturated heterocycles. The van der Waals surface area contributed by atoms with Gasteiger partial charge in [-0.05, 0) is 48.0 Å². The van der Waals surface area contributed by atoms with E-state index in [1.165, 1.54) is 18.2 Å². The number of benzene rings is 2. The third kappa shape index (κ3) is 3.39. The van der Waals surface area contributed by atoms with Gasteiger partial charge in [-0.2, -0.15) is 13.2 Å². The first-order valence-corrected chi connectivity index (χ1v) is 6.13. The standard InChI is InChI=1S/C15H12F5N/c1-21-8-10-6-11(16)3-4-12(10)9-2-5-14(17)13(7-9)15(18,19)20/h2-7,21H,8H2,1H3.